The molecule has 4 aliphatic rings. The average Bonchev–Trinajstić information content (AvgIpc) is 3.54. The Bertz CT molecular complexity index is 1690. The maximum atomic E-state index is 14.5. The Labute approximate surface area is 254 Å². The molecular weight excluding hydrogens is 564 g/mol. The van der Waals surface area contributed by atoms with Gasteiger partial charge in [0.2, 0.25) is 11.8 Å². The molecule has 0 radical (unpaired) electrons. The Morgan fingerprint density at radius 2 is 1.75 bits per heavy atom. The van der Waals surface area contributed by atoms with Crippen LogP contribution in [0.2, 0.25) is 0 Å². The van der Waals surface area contributed by atoms with Crippen molar-refractivity contribution in [1.82, 2.24) is 24.8 Å². The van der Waals surface area contributed by atoms with Crippen molar-refractivity contribution >= 4 is 34.4 Å². The van der Waals surface area contributed by atoms with Gasteiger partial charge in [0.1, 0.15) is 29.6 Å². The number of aromatic nitrogens is 3. The summed E-state index contributed by atoms with van der Waals surface area (Å²) in [6.45, 7) is 4.48. The van der Waals surface area contributed by atoms with Gasteiger partial charge in [0.25, 0.3) is 5.91 Å². The van der Waals surface area contributed by atoms with E-state index in [1.807, 2.05) is 80.6 Å². The number of hydrogen-bond acceptors (Lipinski definition) is 8. The fourth-order valence-corrected chi connectivity index (χ4v) is 7.35. The summed E-state index contributed by atoms with van der Waals surface area (Å²) in [5.74, 6) is -2.19. The lowest BCUT2D eigenvalue weighted by Crippen LogP contribution is -2.56. The number of hydrogen-bond donors (Lipinski definition) is 1. The zero-order valence-corrected chi connectivity index (χ0v) is 24.6. The van der Waals surface area contributed by atoms with Crippen LogP contribution in [0.25, 0.3) is 11.0 Å². The molecule has 4 aliphatic heterocycles. The first kappa shape index (κ1) is 28.2. The van der Waals surface area contributed by atoms with Crippen molar-refractivity contribution < 1.29 is 29.0 Å². The molecule has 5 atom stereocenters. The van der Waals surface area contributed by atoms with Crippen molar-refractivity contribution in [3.05, 3.63) is 72.8 Å². The van der Waals surface area contributed by atoms with Gasteiger partial charge in [-0.05, 0) is 50.2 Å². The third-order valence-corrected chi connectivity index (χ3v) is 9.17. The highest BCUT2D eigenvalue weighted by Crippen LogP contribution is 2.57. The van der Waals surface area contributed by atoms with Gasteiger partial charge in [-0.25, -0.2) is 4.68 Å². The molecule has 0 saturated carbocycles. The standard InChI is InChI=1S/C32H34N6O6/c1-3-43-22-12-10-21(11-13-22)36-17-6-14-31(2)25(28(36)40)26-29(41)37(18-19-39)27-30(42)35(16-7-15-32(26,27)44-31)20-38-24-9-5-4-8-23(24)33-34-38/h4-15,25-27,39H,3,16-20H2,1-2H3/t25-,26+,27?,31+,32+/m1/s1. The minimum absolute atomic E-state index is 0.0686. The largest absolute Gasteiger partial charge is 0.494 e. The number of β-amino-alcohol motifs (C(OH)–C–C–N with tert-alkyl or cyclic N) is 1. The van der Waals surface area contributed by atoms with E-state index in [9.17, 15) is 19.5 Å². The molecule has 2 aromatic carbocycles. The summed E-state index contributed by atoms with van der Waals surface area (Å²) < 4.78 is 14.1. The zero-order chi connectivity index (χ0) is 30.6. The van der Waals surface area contributed by atoms with E-state index >= 15 is 0 Å². The summed E-state index contributed by atoms with van der Waals surface area (Å²) in [4.78, 5) is 47.8. The second kappa shape index (κ2) is 10.6. The summed E-state index contributed by atoms with van der Waals surface area (Å²) in [6, 6.07) is 13.7. The molecule has 1 unspecified atom stereocenters. The first-order chi connectivity index (χ1) is 21.3. The summed E-state index contributed by atoms with van der Waals surface area (Å²) in [5, 5.41) is 18.4. The molecule has 3 aromatic rings. The molecular formula is C32H34N6O6. The molecule has 1 N–H and O–H groups in total. The maximum Gasteiger partial charge on any atom is 0.250 e. The Morgan fingerprint density at radius 3 is 2.52 bits per heavy atom. The summed E-state index contributed by atoms with van der Waals surface area (Å²) in [5.41, 5.74) is -0.421. The Balaban J connectivity index is 1.26. The van der Waals surface area contributed by atoms with Gasteiger partial charge in [0.05, 0.1) is 36.2 Å². The molecule has 1 aromatic heterocycles. The van der Waals surface area contributed by atoms with Crippen LogP contribution in [-0.4, -0.2) is 97.7 Å². The number of carbonyl (C=O) groups is 3. The number of aliphatic hydroxyl groups is 1. The molecule has 3 amide bonds. The van der Waals surface area contributed by atoms with Gasteiger partial charge >= 0.3 is 0 Å². The SMILES string of the molecule is CCOc1ccc(N2CC=C[C@]3(C)O[C@]45C=CCN(Cn6nnc7ccccc76)C(=O)C4N(CCO)C(=O)[C@@H]5[C@@H]3C2=O)cc1. The second-order valence-corrected chi connectivity index (χ2v) is 11.7. The van der Waals surface area contributed by atoms with Crippen molar-refractivity contribution in [2.45, 2.75) is 37.8 Å². The van der Waals surface area contributed by atoms with Crippen molar-refractivity contribution in [1.29, 1.82) is 0 Å². The van der Waals surface area contributed by atoms with Crippen LogP contribution in [0.15, 0.2) is 72.8 Å². The number of likely N-dealkylation sites (tertiary alicyclic amines) is 1. The molecule has 5 heterocycles. The first-order valence-corrected chi connectivity index (χ1v) is 14.9. The van der Waals surface area contributed by atoms with Gasteiger partial charge in [0, 0.05) is 25.3 Å². The van der Waals surface area contributed by atoms with Crippen LogP contribution in [0.1, 0.15) is 13.8 Å². The van der Waals surface area contributed by atoms with E-state index in [4.69, 9.17) is 9.47 Å². The lowest BCUT2D eigenvalue weighted by molar-refractivity contribution is -0.152. The number of carbonyl (C=O) groups excluding carboxylic acids is 3. The molecule has 12 heteroatoms. The average molecular weight is 599 g/mol. The predicted octanol–water partition coefficient (Wildman–Crippen LogP) is 1.75. The third-order valence-electron chi connectivity index (χ3n) is 9.17. The fourth-order valence-electron chi connectivity index (χ4n) is 7.35. The minimum atomic E-state index is -1.41. The molecule has 7 rings (SSSR count). The minimum Gasteiger partial charge on any atom is -0.494 e. The molecule has 228 valence electrons. The summed E-state index contributed by atoms with van der Waals surface area (Å²) >= 11 is 0. The highest BCUT2D eigenvalue weighted by atomic mass is 16.5. The van der Waals surface area contributed by atoms with E-state index in [0.29, 0.717) is 30.1 Å². The molecule has 12 nitrogen and oxygen atoms in total. The Morgan fingerprint density at radius 1 is 0.977 bits per heavy atom. The van der Waals surface area contributed by atoms with Crippen LogP contribution in [-0.2, 0) is 25.8 Å². The molecule has 1 spiro atoms. The fraction of sp³-hybridized carbons (Fsp3) is 0.406. The third kappa shape index (κ3) is 4.15. The quantitative estimate of drug-likeness (QED) is 0.408. The maximum absolute atomic E-state index is 14.5. The van der Waals surface area contributed by atoms with Crippen molar-refractivity contribution in [3.63, 3.8) is 0 Å². The zero-order valence-electron chi connectivity index (χ0n) is 24.6. The molecule has 2 fully saturated rings. The van der Waals surface area contributed by atoms with Crippen LogP contribution >= 0.6 is 0 Å². The highest BCUT2D eigenvalue weighted by molar-refractivity contribution is 6.04. The number of aliphatic hydroxyl groups excluding tert-OH is 1. The van der Waals surface area contributed by atoms with Crippen LogP contribution in [0, 0.1) is 11.8 Å². The van der Waals surface area contributed by atoms with Crippen molar-refractivity contribution in [2.24, 2.45) is 11.8 Å². The molecule has 2 saturated heterocycles. The lowest BCUT2D eigenvalue weighted by atomic mass is 9.74. The van der Waals surface area contributed by atoms with Crippen LogP contribution in [0.4, 0.5) is 5.69 Å². The van der Waals surface area contributed by atoms with Gasteiger partial charge < -0.3 is 29.3 Å². The van der Waals surface area contributed by atoms with E-state index in [2.05, 4.69) is 10.3 Å². The number of anilines is 1. The van der Waals surface area contributed by atoms with Crippen LogP contribution in [0.3, 0.4) is 0 Å². The van der Waals surface area contributed by atoms with E-state index in [-0.39, 0.29) is 44.1 Å². The normalized spacial score (nSPS) is 29.6. The van der Waals surface area contributed by atoms with Gasteiger partial charge in [-0.15, -0.1) is 5.10 Å². The highest BCUT2D eigenvalue weighted by Gasteiger charge is 2.74. The lowest BCUT2D eigenvalue weighted by Gasteiger charge is -2.37. The van der Waals surface area contributed by atoms with E-state index in [0.717, 1.165) is 5.52 Å². The first-order valence-electron chi connectivity index (χ1n) is 14.9. The number of amides is 3. The van der Waals surface area contributed by atoms with Crippen LogP contribution < -0.4 is 9.64 Å². The molecule has 44 heavy (non-hydrogen) atoms. The van der Waals surface area contributed by atoms with Crippen LogP contribution in [0.5, 0.6) is 5.75 Å². The smallest absolute Gasteiger partial charge is 0.250 e. The van der Waals surface area contributed by atoms with Gasteiger partial charge in [0.15, 0.2) is 0 Å². The topological polar surface area (TPSA) is 130 Å². The van der Waals surface area contributed by atoms with Gasteiger partial charge in [-0.2, -0.15) is 0 Å². The number of fused-ring (bicyclic) bond motifs is 3. The van der Waals surface area contributed by atoms with E-state index < -0.39 is 29.1 Å². The Hall–Kier alpha value is -4.55. The monoisotopic (exact) mass is 598 g/mol. The number of benzene rings is 2. The van der Waals surface area contributed by atoms with Gasteiger partial charge in [-0.3, -0.25) is 14.4 Å². The van der Waals surface area contributed by atoms with Crippen molar-refractivity contribution in [3.8, 4) is 5.75 Å². The second-order valence-electron chi connectivity index (χ2n) is 11.7. The molecule has 0 aliphatic carbocycles. The predicted molar refractivity (Wildman–Crippen MR) is 159 cm³/mol. The summed E-state index contributed by atoms with van der Waals surface area (Å²) in [6.07, 6.45) is 7.34. The van der Waals surface area contributed by atoms with Crippen molar-refractivity contribution in [2.75, 3.05) is 37.7 Å². The number of ether oxygens (including phenoxy) is 2. The summed E-state index contributed by atoms with van der Waals surface area (Å²) in [7, 11) is 0. The van der Waals surface area contributed by atoms with Gasteiger partial charge in [-0.1, -0.05) is 41.7 Å². The van der Waals surface area contributed by atoms with E-state index in [1.54, 1.807) is 20.6 Å². The number of rotatable bonds is 7. The Kier molecular flexibility index (Phi) is 6.78. The molecule has 0 bridgehead atoms. The number of nitrogens with zero attached hydrogens (tertiary/aromatic N) is 6. The van der Waals surface area contributed by atoms with E-state index in [1.165, 1.54) is 4.90 Å². The number of para-hydroxylation sites is 1.